The van der Waals surface area contributed by atoms with E-state index in [1.165, 1.54) is 6.08 Å². The van der Waals surface area contributed by atoms with Crippen LogP contribution in [0.3, 0.4) is 0 Å². The Hall–Kier alpha value is -1.77. The molecule has 3 aliphatic heterocycles. The van der Waals surface area contributed by atoms with Crippen LogP contribution >= 0.6 is 0 Å². The van der Waals surface area contributed by atoms with Gasteiger partial charge in [0.15, 0.2) is 0 Å². The number of ether oxygens (including phenoxy) is 1. The van der Waals surface area contributed by atoms with Gasteiger partial charge in [0, 0.05) is 51.4 Å². The fraction of sp³-hybridized carbons (Fsp3) is 0.739. The number of nitrogens with zero attached hydrogens (tertiary/aromatic N) is 4. The minimum Gasteiger partial charge on any atom is -0.377 e. The monoisotopic (exact) mass is 436 g/mol. The van der Waals surface area contributed by atoms with E-state index in [4.69, 9.17) is 4.74 Å². The van der Waals surface area contributed by atoms with Crippen LogP contribution in [0, 0.1) is 0 Å². The Morgan fingerprint density at radius 2 is 1.84 bits per heavy atom. The molecule has 174 valence electrons. The van der Waals surface area contributed by atoms with Crippen LogP contribution in [0.4, 0.5) is 4.39 Å². The lowest BCUT2D eigenvalue weighted by Crippen LogP contribution is -2.73. The molecule has 31 heavy (non-hydrogen) atoms. The van der Waals surface area contributed by atoms with Gasteiger partial charge in [-0.25, -0.2) is 4.39 Å². The van der Waals surface area contributed by atoms with Gasteiger partial charge < -0.3 is 14.5 Å². The zero-order valence-corrected chi connectivity index (χ0v) is 19.1. The predicted octanol–water partition coefficient (Wildman–Crippen LogP) is 1.31. The van der Waals surface area contributed by atoms with E-state index in [9.17, 15) is 14.0 Å². The molecule has 0 aromatic rings. The van der Waals surface area contributed by atoms with Crippen LogP contribution in [0.2, 0.25) is 0 Å². The molecule has 8 heteroatoms. The first-order valence-electron chi connectivity index (χ1n) is 11.3. The fourth-order valence-electron chi connectivity index (χ4n) is 5.08. The van der Waals surface area contributed by atoms with Crippen LogP contribution in [0.25, 0.3) is 0 Å². The average Bonchev–Trinajstić information content (AvgIpc) is 2.76. The molecule has 0 saturated carbocycles. The molecule has 3 fully saturated rings. The highest BCUT2D eigenvalue weighted by atomic mass is 19.1. The Bertz CT molecular complexity index is 694. The smallest absolute Gasteiger partial charge is 0.246 e. The summed E-state index contributed by atoms with van der Waals surface area (Å²) in [4.78, 5) is 32.8. The second kappa shape index (κ2) is 10.2. The number of hydrogen-bond donors (Lipinski definition) is 0. The number of amides is 2. The summed E-state index contributed by atoms with van der Waals surface area (Å²) >= 11 is 0. The molecule has 2 amide bonds. The largest absolute Gasteiger partial charge is 0.377 e. The third kappa shape index (κ3) is 5.18. The Morgan fingerprint density at radius 1 is 1.13 bits per heavy atom. The van der Waals surface area contributed by atoms with Gasteiger partial charge >= 0.3 is 0 Å². The van der Waals surface area contributed by atoms with E-state index < -0.39 is 6.67 Å². The summed E-state index contributed by atoms with van der Waals surface area (Å²) in [6.45, 7) is 14.5. The Kier molecular flexibility index (Phi) is 7.88. The maximum absolute atomic E-state index is 13.5. The topological polar surface area (TPSA) is 56.3 Å². The standard InChI is InChI=1S/C23H37FN4O3/c1-5-21(29)26-10-12-28(23(15-26)16-31-17-23)19(4)7-6-8-22(30)25-9-11-27(18(2)3)20(13-24)14-25/h5-6,8,18-20H,1,7,9-17H2,2-4H3/b8-6+. The first kappa shape index (κ1) is 23.9. The van der Waals surface area contributed by atoms with Crippen LogP contribution in [0.5, 0.6) is 0 Å². The Balaban J connectivity index is 1.53. The molecule has 3 aliphatic rings. The van der Waals surface area contributed by atoms with Crippen LogP contribution < -0.4 is 0 Å². The molecular formula is C23H37FN4O3. The number of hydrogen-bond acceptors (Lipinski definition) is 5. The highest BCUT2D eigenvalue weighted by Crippen LogP contribution is 2.32. The van der Waals surface area contributed by atoms with Gasteiger partial charge in [0.25, 0.3) is 0 Å². The van der Waals surface area contributed by atoms with Crippen molar-refractivity contribution in [3.63, 3.8) is 0 Å². The summed E-state index contributed by atoms with van der Waals surface area (Å²) in [6, 6.07) is 0.280. The third-order valence-corrected chi connectivity index (χ3v) is 6.88. The second-order valence-corrected chi connectivity index (χ2v) is 9.29. The fourth-order valence-corrected chi connectivity index (χ4v) is 5.08. The van der Waals surface area contributed by atoms with E-state index in [-0.39, 0.29) is 35.5 Å². The molecule has 7 nitrogen and oxygen atoms in total. The van der Waals surface area contributed by atoms with E-state index in [2.05, 4.69) is 37.1 Å². The minimum atomic E-state index is -0.437. The van der Waals surface area contributed by atoms with Crippen molar-refractivity contribution in [2.75, 3.05) is 59.2 Å². The second-order valence-electron chi connectivity index (χ2n) is 9.29. The summed E-state index contributed by atoms with van der Waals surface area (Å²) < 4.78 is 19.0. The van der Waals surface area contributed by atoms with Crippen LogP contribution in [0.1, 0.15) is 27.2 Å². The van der Waals surface area contributed by atoms with E-state index >= 15 is 0 Å². The lowest BCUT2D eigenvalue weighted by molar-refractivity contribution is -0.183. The van der Waals surface area contributed by atoms with E-state index in [0.717, 1.165) is 13.0 Å². The van der Waals surface area contributed by atoms with Crippen molar-refractivity contribution in [1.82, 2.24) is 19.6 Å². The lowest BCUT2D eigenvalue weighted by atomic mass is 9.89. The SMILES string of the molecule is C=CC(=O)N1CCN(C(C)C/C=C/C(=O)N2CCN(C(C)C)C(CF)C2)C2(COC2)C1. The zero-order valence-electron chi connectivity index (χ0n) is 19.1. The van der Waals surface area contributed by atoms with E-state index in [1.807, 2.05) is 11.0 Å². The van der Waals surface area contributed by atoms with Crippen molar-refractivity contribution in [2.45, 2.75) is 50.9 Å². The molecule has 3 heterocycles. The summed E-state index contributed by atoms with van der Waals surface area (Å²) in [5, 5.41) is 0. The highest BCUT2D eigenvalue weighted by Gasteiger charge is 2.49. The molecule has 3 saturated heterocycles. The minimum absolute atomic E-state index is 0.0341. The molecular weight excluding hydrogens is 399 g/mol. The van der Waals surface area contributed by atoms with Crippen molar-refractivity contribution < 1.29 is 18.7 Å². The third-order valence-electron chi connectivity index (χ3n) is 6.88. The van der Waals surface area contributed by atoms with Crippen molar-refractivity contribution in [1.29, 1.82) is 0 Å². The summed E-state index contributed by atoms with van der Waals surface area (Å²) in [5.74, 6) is -0.0784. The first-order chi connectivity index (χ1) is 14.8. The number of carbonyl (C=O) groups excluding carboxylic acids is 2. The molecule has 2 atom stereocenters. The van der Waals surface area contributed by atoms with Gasteiger partial charge in [0.1, 0.15) is 6.67 Å². The summed E-state index contributed by atoms with van der Waals surface area (Å²) in [6.07, 6.45) is 5.68. The molecule has 1 spiro atoms. The van der Waals surface area contributed by atoms with Gasteiger partial charge in [-0.2, -0.15) is 0 Å². The molecule has 0 N–H and O–H groups in total. The van der Waals surface area contributed by atoms with Gasteiger partial charge in [-0.3, -0.25) is 19.4 Å². The number of carbonyl (C=O) groups is 2. The van der Waals surface area contributed by atoms with Crippen LogP contribution in [0.15, 0.2) is 24.8 Å². The molecule has 0 aliphatic carbocycles. The van der Waals surface area contributed by atoms with Crippen molar-refractivity contribution >= 4 is 11.8 Å². The number of halogens is 1. The Morgan fingerprint density at radius 3 is 2.42 bits per heavy atom. The summed E-state index contributed by atoms with van der Waals surface area (Å²) in [7, 11) is 0. The predicted molar refractivity (Wildman–Crippen MR) is 118 cm³/mol. The molecule has 0 bridgehead atoms. The molecule has 2 unspecified atom stereocenters. The number of rotatable bonds is 7. The number of alkyl halides is 1. The molecule has 0 aromatic heterocycles. The zero-order chi connectivity index (χ0) is 22.6. The van der Waals surface area contributed by atoms with E-state index in [1.54, 1.807) is 11.0 Å². The number of piperazine rings is 2. The van der Waals surface area contributed by atoms with Gasteiger partial charge in [0.2, 0.25) is 11.8 Å². The van der Waals surface area contributed by atoms with Gasteiger partial charge in [-0.15, -0.1) is 0 Å². The highest BCUT2D eigenvalue weighted by molar-refractivity contribution is 5.88. The molecule has 0 radical (unpaired) electrons. The van der Waals surface area contributed by atoms with Crippen molar-refractivity contribution in [3.8, 4) is 0 Å². The Labute approximate surface area is 185 Å². The molecule has 0 aromatic carbocycles. The molecule has 3 rings (SSSR count). The van der Waals surface area contributed by atoms with Gasteiger partial charge in [-0.1, -0.05) is 12.7 Å². The quantitative estimate of drug-likeness (QED) is 0.564. The van der Waals surface area contributed by atoms with Gasteiger partial charge in [-0.05, 0) is 39.3 Å². The lowest BCUT2D eigenvalue weighted by Gasteiger charge is -2.57. The maximum Gasteiger partial charge on any atom is 0.246 e. The van der Waals surface area contributed by atoms with Crippen molar-refractivity contribution in [2.24, 2.45) is 0 Å². The van der Waals surface area contributed by atoms with Crippen molar-refractivity contribution in [3.05, 3.63) is 24.8 Å². The van der Waals surface area contributed by atoms with Crippen LogP contribution in [-0.2, 0) is 14.3 Å². The first-order valence-corrected chi connectivity index (χ1v) is 11.3. The maximum atomic E-state index is 13.5. The van der Waals surface area contributed by atoms with E-state index in [0.29, 0.717) is 45.9 Å². The van der Waals surface area contributed by atoms with Crippen LogP contribution in [-0.4, -0.2) is 114 Å². The average molecular weight is 437 g/mol. The van der Waals surface area contributed by atoms with Gasteiger partial charge in [0.05, 0.1) is 24.8 Å². The normalized spacial score (nSPS) is 25.8. The summed E-state index contributed by atoms with van der Waals surface area (Å²) in [5.41, 5.74) is -0.143.